The number of aliphatic carboxylic acids is 1. The van der Waals surface area contributed by atoms with Crippen LogP contribution in [-0.4, -0.2) is 35.7 Å². The maximum absolute atomic E-state index is 12.0. The average Bonchev–Trinajstić information content (AvgIpc) is 2.42. The highest BCUT2D eigenvalue weighted by Gasteiger charge is 2.42. The van der Waals surface area contributed by atoms with Gasteiger partial charge in [-0.3, -0.25) is 9.69 Å². The van der Waals surface area contributed by atoms with Crippen molar-refractivity contribution in [2.75, 3.05) is 16.8 Å². The Morgan fingerprint density at radius 1 is 1.45 bits per heavy atom. The summed E-state index contributed by atoms with van der Waals surface area (Å²) in [5.41, 5.74) is 0.624. The number of anilines is 2. The number of benzene rings is 1. The first-order valence-electron chi connectivity index (χ1n) is 5.76. The highest BCUT2D eigenvalue weighted by Crippen LogP contribution is 2.32. The zero-order chi connectivity index (χ0) is 14.7. The molecule has 1 aliphatic rings. The predicted octanol–water partition coefficient (Wildman–Crippen LogP) is 1.22. The first-order chi connectivity index (χ1) is 9.56. The lowest BCUT2D eigenvalue weighted by molar-refractivity contribution is -0.141. The van der Waals surface area contributed by atoms with Crippen LogP contribution in [0, 0.1) is 0 Å². The fourth-order valence-electron chi connectivity index (χ4n) is 1.87. The molecule has 2 rings (SSSR count). The molecule has 7 nitrogen and oxygen atoms in total. The van der Waals surface area contributed by atoms with Gasteiger partial charge in [0.2, 0.25) is 6.04 Å². The van der Waals surface area contributed by atoms with Gasteiger partial charge in [0.25, 0.3) is 5.91 Å². The lowest BCUT2D eigenvalue weighted by Gasteiger charge is -2.32. The molecule has 1 aliphatic heterocycles. The summed E-state index contributed by atoms with van der Waals surface area (Å²) < 4.78 is 4.84. The van der Waals surface area contributed by atoms with Crippen molar-refractivity contribution in [1.29, 1.82) is 0 Å². The fraction of sp³-hybridized carbons (Fsp3) is 0.154. The summed E-state index contributed by atoms with van der Waals surface area (Å²) in [6, 6.07) is 4.72. The van der Waals surface area contributed by atoms with Crippen LogP contribution in [0.2, 0.25) is 0 Å². The highest BCUT2D eigenvalue weighted by atomic mass is 16.6. The van der Waals surface area contributed by atoms with E-state index in [-0.39, 0.29) is 12.3 Å². The normalized spacial score (nSPS) is 16.9. The minimum atomic E-state index is -1.66. The standard InChI is InChI=1S/C13H12N2O5/c1-2-7-20-13(19)15-9-6-4-3-5-8(9)14-11(16)10(15)12(17)18/h2-6,10H,1,7H2,(H,14,16)(H,17,18). The molecule has 0 fully saturated rings. The van der Waals surface area contributed by atoms with Gasteiger partial charge in [-0.05, 0) is 12.1 Å². The number of hydrogen-bond donors (Lipinski definition) is 2. The van der Waals surface area contributed by atoms with E-state index in [9.17, 15) is 14.4 Å². The maximum atomic E-state index is 12.0. The highest BCUT2D eigenvalue weighted by molar-refractivity contribution is 6.19. The average molecular weight is 276 g/mol. The summed E-state index contributed by atoms with van der Waals surface area (Å²) in [5, 5.41) is 11.6. The van der Waals surface area contributed by atoms with E-state index in [0.29, 0.717) is 5.69 Å². The topological polar surface area (TPSA) is 95.9 Å². The van der Waals surface area contributed by atoms with Crippen molar-refractivity contribution < 1.29 is 24.2 Å². The van der Waals surface area contributed by atoms with Crippen LogP contribution < -0.4 is 10.2 Å². The molecule has 0 radical (unpaired) electrons. The second-order valence-electron chi connectivity index (χ2n) is 3.98. The van der Waals surface area contributed by atoms with Crippen molar-refractivity contribution in [2.45, 2.75) is 6.04 Å². The van der Waals surface area contributed by atoms with Crippen LogP contribution in [0.25, 0.3) is 0 Å². The SMILES string of the molecule is C=CCOC(=O)N1c2ccccc2NC(=O)C1C(=O)O. The van der Waals surface area contributed by atoms with Crippen LogP contribution in [0.5, 0.6) is 0 Å². The Morgan fingerprint density at radius 3 is 2.80 bits per heavy atom. The Hall–Kier alpha value is -2.83. The molecule has 0 aliphatic carbocycles. The number of carboxylic acids is 1. The number of carbonyl (C=O) groups excluding carboxylic acids is 2. The summed E-state index contributed by atoms with van der Waals surface area (Å²) in [4.78, 5) is 35.9. The molecule has 1 aromatic carbocycles. The van der Waals surface area contributed by atoms with Gasteiger partial charge in [-0.1, -0.05) is 24.8 Å². The maximum Gasteiger partial charge on any atom is 0.415 e. The molecule has 0 saturated heterocycles. The molecular formula is C13H12N2O5. The summed E-state index contributed by atoms with van der Waals surface area (Å²) in [6.45, 7) is 3.32. The van der Waals surface area contributed by atoms with Gasteiger partial charge in [-0.2, -0.15) is 0 Å². The Balaban J connectivity index is 2.45. The number of rotatable bonds is 3. The van der Waals surface area contributed by atoms with Crippen LogP contribution in [0.4, 0.5) is 16.2 Å². The number of carbonyl (C=O) groups is 3. The number of fused-ring (bicyclic) bond motifs is 1. The molecule has 1 atom stereocenters. The number of carboxylic acid groups (broad SMARTS) is 1. The van der Waals surface area contributed by atoms with E-state index in [0.717, 1.165) is 4.90 Å². The van der Waals surface area contributed by atoms with Crippen molar-refractivity contribution in [3.63, 3.8) is 0 Å². The lowest BCUT2D eigenvalue weighted by atomic mass is 10.1. The van der Waals surface area contributed by atoms with Crippen LogP contribution in [0.1, 0.15) is 0 Å². The van der Waals surface area contributed by atoms with Crippen molar-refractivity contribution in [1.82, 2.24) is 0 Å². The van der Waals surface area contributed by atoms with Crippen LogP contribution in [0.3, 0.4) is 0 Å². The molecule has 104 valence electrons. The molecule has 1 aromatic rings. The molecule has 7 heteroatoms. The van der Waals surface area contributed by atoms with E-state index in [1.807, 2.05) is 0 Å². The smallest absolute Gasteiger partial charge is 0.415 e. The van der Waals surface area contributed by atoms with Gasteiger partial charge in [0.1, 0.15) is 6.61 Å². The summed E-state index contributed by atoms with van der Waals surface area (Å²) in [7, 11) is 0. The van der Waals surface area contributed by atoms with Gasteiger partial charge in [0.15, 0.2) is 0 Å². The number of hydrogen-bond acceptors (Lipinski definition) is 4. The molecule has 0 aromatic heterocycles. The summed E-state index contributed by atoms with van der Waals surface area (Å²) in [6.07, 6.45) is 0.434. The molecular weight excluding hydrogens is 264 g/mol. The largest absolute Gasteiger partial charge is 0.479 e. The van der Waals surface area contributed by atoms with Crippen LogP contribution in [0.15, 0.2) is 36.9 Å². The van der Waals surface area contributed by atoms with Gasteiger partial charge in [-0.15, -0.1) is 0 Å². The first kappa shape index (κ1) is 13.6. The summed E-state index contributed by atoms with van der Waals surface area (Å²) >= 11 is 0. The monoisotopic (exact) mass is 276 g/mol. The number of amides is 2. The van der Waals surface area contributed by atoms with E-state index < -0.39 is 24.0 Å². The summed E-state index contributed by atoms with van der Waals surface area (Å²) in [5.74, 6) is -2.24. The molecule has 2 N–H and O–H groups in total. The zero-order valence-electron chi connectivity index (χ0n) is 10.4. The van der Waals surface area contributed by atoms with Gasteiger partial charge >= 0.3 is 12.1 Å². The minimum Gasteiger partial charge on any atom is -0.479 e. The molecule has 0 bridgehead atoms. The van der Waals surface area contributed by atoms with Gasteiger partial charge in [0.05, 0.1) is 11.4 Å². The molecule has 1 unspecified atom stereocenters. The minimum absolute atomic E-state index is 0.0779. The fourth-order valence-corrected chi connectivity index (χ4v) is 1.87. The number of nitrogens with zero attached hydrogens (tertiary/aromatic N) is 1. The van der Waals surface area contributed by atoms with E-state index in [2.05, 4.69) is 11.9 Å². The Kier molecular flexibility index (Phi) is 3.69. The first-order valence-corrected chi connectivity index (χ1v) is 5.76. The Labute approximate surface area is 114 Å². The van der Waals surface area contributed by atoms with Crippen LogP contribution in [-0.2, 0) is 14.3 Å². The molecule has 0 spiro atoms. The Morgan fingerprint density at radius 2 is 2.15 bits per heavy atom. The van der Waals surface area contributed by atoms with Crippen molar-refractivity contribution in [3.05, 3.63) is 36.9 Å². The Bertz CT molecular complexity index is 584. The predicted molar refractivity (Wildman–Crippen MR) is 70.5 cm³/mol. The van der Waals surface area contributed by atoms with E-state index >= 15 is 0 Å². The molecule has 1 heterocycles. The second-order valence-corrected chi connectivity index (χ2v) is 3.98. The lowest BCUT2D eigenvalue weighted by Crippen LogP contribution is -2.55. The van der Waals surface area contributed by atoms with Gasteiger partial charge in [-0.25, -0.2) is 9.59 Å². The van der Waals surface area contributed by atoms with E-state index in [1.54, 1.807) is 18.2 Å². The number of para-hydroxylation sites is 2. The molecule has 2 amide bonds. The third kappa shape index (κ3) is 2.33. The molecule has 20 heavy (non-hydrogen) atoms. The zero-order valence-corrected chi connectivity index (χ0v) is 10.4. The number of nitrogens with one attached hydrogen (secondary N) is 1. The van der Waals surface area contributed by atoms with E-state index in [4.69, 9.17) is 9.84 Å². The molecule has 0 saturated carbocycles. The van der Waals surface area contributed by atoms with Crippen LogP contribution >= 0.6 is 0 Å². The van der Waals surface area contributed by atoms with Gasteiger partial charge < -0.3 is 15.2 Å². The van der Waals surface area contributed by atoms with Crippen molar-refractivity contribution in [2.24, 2.45) is 0 Å². The third-order valence-electron chi connectivity index (χ3n) is 2.68. The van der Waals surface area contributed by atoms with Crippen molar-refractivity contribution in [3.8, 4) is 0 Å². The van der Waals surface area contributed by atoms with Gasteiger partial charge in [0, 0.05) is 0 Å². The third-order valence-corrected chi connectivity index (χ3v) is 2.68. The quantitative estimate of drug-likeness (QED) is 0.639. The second kappa shape index (κ2) is 5.43. The van der Waals surface area contributed by atoms with Crippen molar-refractivity contribution >= 4 is 29.3 Å². The number of ether oxygens (including phenoxy) is 1. The van der Waals surface area contributed by atoms with E-state index in [1.165, 1.54) is 12.1 Å².